The van der Waals surface area contributed by atoms with E-state index in [2.05, 4.69) is 23.9 Å². The highest BCUT2D eigenvalue weighted by Gasteiger charge is 2.27. The Balaban J connectivity index is 2.33. The third-order valence-corrected chi connectivity index (χ3v) is 3.53. The van der Waals surface area contributed by atoms with Gasteiger partial charge < -0.3 is 15.8 Å². The van der Waals surface area contributed by atoms with Crippen molar-refractivity contribution in [3.63, 3.8) is 0 Å². The minimum atomic E-state index is 0.175. The Kier molecular flexibility index (Phi) is 3.45. The van der Waals surface area contributed by atoms with Gasteiger partial charge in [0, 0.05) is 24.3 Å². The van der Waals surface area contributed by atoms with Crippen LogP contribution in [0.1, 0.15) is 32.3 Å². The summed E-state index contributed by atoms with van der Waals surface area (Å²) >= 11 is 0. The summed E-state index contributed by atoms with van der Waals surface area (Å²) in [5.41, 5.74) is 7.92. The van der Waals surface area contributed by atoms with Crippen molar-refractivity contribution in [2.75, 3.05) is 18.0 Å². The first-order valence-electron chi connectivity index (χ1n) is 6.35. The maximum atomic E-state index is 8.86. The number of hydrogen-bond acceptors (Lipinski definition) is 3. The molecule has 0 aliphatic carbocycles. The van der Waals surface area contributed by atoms with Gasteiger partial charge in [-0.05, 0) is 30.4 Å². The van der Waals surface area contributed by atoms with Crippen LogP contribution in [0.25, 0.3) is 0 Å². The number of amidine groups is 1. The molecule has 0 amide bonds. The molecule has 1 fully saturated rings. The second-order valence-electron chi connectivity index (χ2n) is 5.69. The maximum Gasteiger partial charge on any atom is 0.172 e. The quantitative estimate of drug-likeness (QED) is 0.365. The molecule has 3 N–H and O–H groups in total. The zero-order valence-corrected chi connectivity index (χ0v) is 11.1. The molecule has 1 aliphatic heterocycles. The normalized spacial score (nSPS) is 19.9. The number of nitrogens with two attached hydrogens (primary N) is 1. The van der Waals surface area contributed by atoms with Gasteiger partial charge in [0.2, 0.25) is 0 Å². The third kappa shape index (κ3) is 2.58. The van der Waals surface area contributed by atoms with Crippen molar-refractivity contribution in [1.82, 2.24) is 0 Å². The fourth-order valence-corrected chi connectivity index (χ4v) is 2.65. The van der Waals surface area contributed by atoms with E-state index in [1.54, 1.807) is 0 Å². The molecule has 0 atom stereocenters. The lowest BCUT2D eigenvalue weighted by Gasteiger charge is -2.40. The van der Waals surface area contributed by atoms with Crippen LogP contribution in [0.4, 0.5) is 5.69 Å². The minimum absolute atomic E-state index is 0.175. The first-order valence-corrected chi connectivity index (χ1v) is 6.35. The third-order valence-electron chi connectivity index (χ3n) is 3.53. The number of oxime groups is 1. The highest BCUT2D eigenvalue weighted by Crippen LogP contribution is 2.32. The number of hydrogen-bond donors (Lipinski definition) is 2. The number of rotatable bonds is 2. The highest BCUT2D eigenvalue weighted by molar-refractivity contribution is 6.02. The van der Waals surface area contributed by atoms with Crippen molar-refractivity contribution < 1.29 is 5.21 Å². The molecule has 2 rings (SSSR count). The lowest BCUT2D eigenvalue weighted by molar-refractivity contribution is 0.293. The van der Waals surface area contributed by atoms with Gasteiger partial charge in [-0.3, -0.25) is 0 Å². The molecule has 1 aliphatic rings. The number of benzene rings is 1. The molecule has 0 spiro atoms. The van der Waals surface area contributed by atoms with Gasteiger partial charge in [-0.1, -0.05) is 31.1 Å². The van der Waals surface area contributed by atoms with Gasteiger partial charge in [0.15, 0.2) is 5.84 Å². The summed E-state index contributed by atoms with van der Waals surface area (Å²) in [7, 11) is 0. The molecular weight excluding hydrogens is 226 g/mol. The van der Waals surface area contributed by atoms with Crippen LogP contribution in [0.15, 0.2) is 29.4 Å². The zero-order chi connectivity index (χ0) is 13.2. The van der Waals surface area contributed by atoms with Crippen LogP contribution >= 0.6 is 0 Å². The highest BCUT2D eigenvalue weighted by atomic mass is 16.4. The molecule has 0 saturated carbocycles. The van der Waals surface area contributed by atoms with Crippen LogP contribution in [0.5, 0.6) is 0 Å². The molecule has 0 radical (unpaired) electrons. The lowest BCUT2D eigenvalue weighted by Crippen LogP contribution is -2.41. The fourth-order valence-electron chi connectivity index (χ4n) is 2.65. The molecule has 18 heavy (non-hydrogen) atoms. The van der Waals surface area contributed by atoms with Crippen LogP contribution < -0.4 is 10.6 Å². The molecule has 0 bridgehead atoms. The molecule has 1 saturated heterocycles. The molecule has 0 aromatic heterocycles. The molecule has 4 heteroatoms. The average molecular weight is 247 g/mol. The maximum absolute atomic E-state index is 8.86. The predicted octanol–water partition coefficient (Wildman–Crippen LogP) is 2.41. The van der Waals surface area contributed by atoms with E-state index in [9.17, 15) is 0 Å². The molecule has 1 heterocycles. The monoisotopic (exact) mass is 247 g/mol. The van der Waals surface area contributed by atoms with E-state index < -0.39 is 0 Å². The van der Waals surface area contributed by atoms with Crippen molar-refractivity contribution in [3.8, 4) is 0 Å². The molecule has 4 nitrogen and oxygen atoms in total. The van der Waals surface area contributed by atoms with E-state index in [1.807, 2.05) is 24.3 Å². The van der Waals surface area contributed by atoms with Gasteiger partial charge in [-0.2, -0.15) is 0 Å². The number of nitrogens with zero attached hydrogens (tertiary/aromatic N) is 2. The molecule has 1 aromatic rings. The van der Waals surface area contributed by atoms with Gasteiger partial charge in [0.25, 0.3) is 0 Å². The minimum Gasteiger partial charge on any atom is -0.409 e. The smallest absolute Gasteiger partial charge is 0.172 e. The van der Waals surface area contributed by atoms with Crippen molar-refractivity contribution in [2.45, 2.75) is 26.7 Å². The molecule has 0 unspecified atom stereocenters. The largest absolute Gasteiger partial charge is 0.409 e. The number of anilines is 1. The standard InChI is InChI=1S/C14H21N3O/c1-14(2)8-5-9-17(10-14)12-7-4-3-6-11(12)13(15)16-18/h3-4,6-7,18H,5,8-10H2,1-2H3,(H2,15,16). The summed E-state index contributed by atoms with van der Waals surface area (Å²) in [6.07, 6.45) is 2.42. The number of para-hydroxylation sites is 1. The van der Waals surface area contributed by atoms with Crippen molar-refractivity contribution in [2.24, 2.45) is 16.3 Å². The molecular formula is C14H21N3O. The Bertz CT molecular complexity index is 454. The summed E-state index contributed by atoms with van der Waals surface area (Å²) in [4.78, 5) is 2.33. The van der Waals surface area contributed by atoms with Gasteiger partial charge in [-0.15, -0.1) is 0 Å². The van der Waals surface area contributed by atoms with Crippen molar-refractivity contribution in [3.05, 3.63) is 29.8 Å². The number of piperidine rings is 1. The average Bonchev–Trinajstić information content (AvgIpc) is 2.36. The Morgan fingerprint density at radius 2 is 2.11 bits per heavy atom. The van der Waals surface area contributed by atoms with E-state index in [4.69, 9.17) is 10.9 Å². The van der Waals surface area contributed by atoms with E-state index in [1.165, 1.54) is 12.8 Å². The van der Waals surface area contributed by atoms with Crippen molar-refractivity contribution in [1.29, 1.82) is 0 Å². The Hall–Kier alpha value is -1.71. The van der Waals surface area contributed by atoms with Crippen molar-refractivity contribution >= 4 is 11.5 Å². The first-order chi connectivity index (χ1) is 8.53. The first kappa shape index (κ1) is 12.7. The van der Waals surface area contributed by atoms with Gasteiger partial charge in [0.05, 0.1) is 0 Å². The lowest BCUT2D eigenvalue weighted by atomic mass is 9.84. The summed E-state index contributed by atoms with van der Waals surface area (Å²) in [6.45, 7) is 6.60. The van der Waals surface area contributed by atoms with Gasteiger partial charge in [-0.25, -0.2) is 0 Å². The fraction of sp³-hybridized carbons (Fsp3) is 0.500. The van der Waals surface area contributed by atoms with Crippen LogP contribution in [0.3, 0.4) is 0 Å². The summed E-state index contributed by atoms with van der Waals surface area (Å²) in [5, 5.41) is 12.0. The summed E-state index contributed by atoms with van der Waals surface area (Å²) in [5.74, 6) is 0.175. The Morgan fingerprint density at radius 1 is 1.39 bits per heavy atom. The van der Waals surface area contributed by atoms with Crippen LogP contribution in [-0.4, -0.2) is 24.1 Å². The Morgan fingerprint density at radius 3 is 2.78 bits per heavy atom. The van der Waals surface area contributed by atoms with Crippen LogP contribution in [-0.2, 0) is 0 Å². The second-order valence-corrected chi connectivity index (χ2v) is 5.69. The summed E-state index contributed by atoms with van der Waals surface area (Å²) in [6, 6.07) is 7.83. The summed E-state index contributed by atoms with van der Waals surface area (Å²) < 4.78 is 0. The zero-order valence-electron chi connectivity index (χ0n) is 11.1. The van der Waals surface area contributed by atoms with Crippen LogP contribution in [0.2, 0.25) is 0 Å². The van der Waals surface area contributed by atoms with E-state index in [-0.39, 0.29) is 5.84 Å². The predicted molar refractivity (Wildman–Crippen MR) is 74.2 cm³/mol. The SMILES string of the molecule is CC1(C)CCCN(c2ccccc2C(N)=NO)C1. The van der Waals surface area contributed by atoms with E-state index in [0.29, 0.717) is 5.41 Å². The second kappa shape index (κ2) is 4.88. The molecule has 98 valence electrons. The van der Waals surface area contributed by atoms with Crippen LogP contribution in [0, 0.1) is 5.41 Å². The Labute approximate surface area is 108 Å². The van der Waals surface area contributed by atoms with E-state index >= 15 is 0 Å². The van der Waals surface area contributed by atoms with Gasteiger partial charge >= 0.3 is 0 Å². The van der Waals surface area contributed by atoms with E-state index in [0.717, 1.165) is 24.3 Å². The molecule has 1 aromatic carbocycles. The van der Waals surface area contributed by atoms with Gasteiger partial charge in [0.1, 0.15) is 0 Å². The topological polar surface area (TPSA) is 61.8 Å².